The van der Waals surface area contributed by atoms with Gasteiger partial charge in [0.15, 0.2) is 6.61 Å². The van der Waals surface area contributed by atoms with E-state index in [0.717, 1.165) is 6.07 Å². The van der Waals surface area contributed by atoms with Crippen molar-refractivity contribution < 1.29 is 19.2 Å². The molecule has 0 spiro atoms. The van der Waals surface area contributed by atoms with Crippen molar-refractivity contribution in [2.45, 2.75) is 13.8 Å². The van der Waals surface area contributed by atoms with Crippen molar-refractivity contribution in [3.8, 4) is 0 Å². The number of rotatable bonds is 6. The van der Waals surface area contributed by atoms with Gasteiger partial charge in [-0.2, -0.15) is 0 Å². The summed E-state index contributed by atoms with van der Waals surface area (Å²) in [5.41, 5.74) is -0.417. The second-order valence-electron chi connectivity index (χ2n) is 4.07. The summed E-state index contributed by atoms with van der Waals surface area (Å²) in [5.74, 6) is -1.13. The summed E-state index contributed by atoms with van der Waals surface area (Å²) in [4.78, 5) is 35.0. The van der Waals surface area contributed by atoms with Crippen molar-refractivity contribution in [3.63, 3.8) is 0 Å². The number of carbonyl (C=O) groups excluding carboxylic acids is 2. The van der Waals surface area contributed by atoms with Crippen LogP contribution in [0.25, 0.3) is 0 Å². The summed E-state index contributed by atoms with van der Waals surface area (Å²) in [6, 6.07) is 3.56. The first kappa shape index (κ1) is 16.9. The zero-order valence-electron chi connectivity index (χ0n) is 11.7. The molecule has 1 amide bonds. The highest BCUT2D eigenvalue weighted by molar-refractivity contribution is 6.32. The van der Waals surface area contributed by atoms with E-state index in [0.29, 0.717) is 13.1 Å². The minimum atomic E-state index is -0.810. The Hall–Kier alpha value is -2.15. The molecule has 0 N–H and O–H groups in total. The van der Waals surface area contributed by atoms with Gasteiger partial charge in [0, 0.05) is 19.2 Å². The van der Waals surface area contributed by atoms with Crippen LogP contribution in [0.1, 0.15) is 24.2 Å². The maximum Gasteiger partial charge on any atom is 0.338 e. The third kappa shape index (κ3) is 4.42. The van der Waals surface area contributed by atoms with Crippen LogP contribution in [0.15, 0.2) is 18.2 Å². The molecule has 0 saturated heterocycles. The molecule has 0 aliphatic rings. The number of hydrogen-bond acceptors (Lipinski definition) is 5. The Kier molecular flexibility index (Phi) is 6.10. The topological polar surface area (TPSA) is 89.8 Å². The zero-order chi connectivity index (χ0) is 16.0. The minimum Gasteiger partial charge on any atom is -0.452 e. The molecule has 0 atom stereocenters. The van der Waals surface area contributed by atoms with E-state index >= 15 is 0 Å². The number of nitro benzene ring substituents is 1. The van der Waals surface area contributed by atoms with Crippen LogP contribution in [0.5, 0.6) is 0 Å². The fourth-order valence-electron chi connectivity index (χ4n) is 1.66. The molecule has 0 bridgehead atoms. The van der Waals surface area contributed by atoms with E-state index in [-0.39, 0.29) is 22.2 Å². The summed E-state index contributed by atoms with van der Waals surface area (Å²) >= 11 is 5.65. The number of nitro groups is 1. The van der Waals surface area contributed by atoms with Crippen molar-refractivity contribution in [1.82, 2.24) is 4.90 Å². The molecule has 0 aromatic heterocycles. The van der Waals surface area contributed by atoms with Crippen LogP contribution in [0, 0.1) is 10.1 Å². The quantitative estimate of drug-likeness (QED) is 0.456. The maximum atomic E-state index is 11.8. The largest absolute Gasteiger partial charge is 0.452 e. The smallest absolute Gasteiger partial charge is 0.338 e. The summed E-state index contributed by atoms with van der Waals surface area (Å²) in [5, 5.41) is 10.7. The fraction of sp³-hybridized carbons (Fsp3) is 0.385. The molecule has 1 aromatic carbocycles. The zero-order valence-corrected chi connectivity index (χ0v) is 12.4. The molecule has 21 heavy (non-hydrogen) atoms. The molecule has 0 fully saturated rings. The average Bonchev–Trinajstić information content (AvgIpc) is 2.46. The molecule has 0 aliphatic heterocycles. The highest BCUT2D eigenvalue weighted by Crippen LogP contribution is 2.25. The van der Waals surface area contributed by atoms with E-state index in [1.165, 1.54) is 17.0 Å². The van der Waals surface area contributed by atoms with Gasteiger partial charge in [-0.25, -0.2) is 4.79 Å². The predicted molar refractivity (Wildman–Crippen MR) is 76.3 cm³/mol. The fourth-order valence-corrected chi connectivity index (χ4v) is 1.84. The number of hydrogen-bond donors (Lipinski definition) is 0. The third-order valence-electron chi connectivity index (χ3n) is 2.82. The van der Waals surface area contributed by atoms with Gasteiger partial charge in [-0.1, -0.05) is 11.6 Å². The van der Waals surface area contributed by atoms with E-state index in [4.69, 9.17) is 16.3 Å². The van der Waals surface area contributed by atoms with Crippen molar-refractivity contribution in [1.29, 1.82) is 0 Å². The SMILES string of the molecule is CCN(CC)C(=O)COC(=O)c1ccc(Cl)c([N+](=O)[O-])c1. The van der Waals surface area contributed by atoms with E-state index in [9.17, 15) is 19.7 Å². The van der Waals surface area contributed by atoms with Gasteiger partial charge in [-0.05, 0) is 26.0 Å². The summed E-state index contributed by atoms with van der Waals surface area (Å²) in [6.45, 7) is 4.24. The standard InChI is InChI=1S/C13H15ClN2O5/c1-3-15(4-2)12(17)8-21-13(18)9-5-6-10(14)11(7-9)16(19)20/h5-7H,3-4,8H2,1-2H3. The number of benzene rings is 1. The normalized spacial score (nSPS) is 10.0. The lowest BCUT2D eigenvalue weighted by molar-refractivity contribution is -0.384. The van der Waals surface area contributed by atoms with Gasteiger partial charge in [0.25, 0.3) is 11.6 Å². The molecule has 0 radical (unpaired) electrons. The number of halogens is 1. The number of ether oxygens (including phenoxy) is 1. The predicted octanol–water partition coefficient (Wildman–Crippen LogP) is 2.27. The van der Waals surface area contributed by atoms with Crippen LogP contribution in [0.4, 0.5) is 5.69 Å². The Morgan fingerprint density at radius 3 is 2.48 bits per heavy atom. The number of nitrogens with zero attached hydrogens (tertiary/aromatic N) is 2. The average molecular weight is 315 g/mol. The number of amides is 1. The Morgan fingerprint density at radius 1 is 1.33 bits per heavy atom. The van der Waals surface area contributed by atoms with E-state index in [1.54, 1.807) is 0 Å². The van der Waals surface area contributed by atoms with E-state index in [1.807, 2.05) is 13.8 Å². The lowest BCUT2D eigenvalue weighted by Gasteiger charge is -2.18. The van der Waals surface area contributed by atoms with Gasteiger partial charge >= 0.3 is 5.97 Å². The third-order valence-corrected chi connectivity index (χ3v) is 3.14. The van der Waals surface area contributed by atoms with Gasteiger partial charge in [-0.3, -0.25) is 14.9 Å². The Bertz CT molecular complexity index is 557. The van der Waals surface area contributed by atoms with Crippen molar-refractivity contribution in [3.05, 3.63) is 38.9 Å². The van der Waals surface area contributed by atoms with Crippen LogP contribution in [-0.2, 0) is 9.53 Å². The van der Waals surface area contributed by atoms with Crippen LogP contribution >= 0.6 is 11.6 Å². The molecule has 0 saturated carbocycles. The maximum absolute atomic E-state index is 11.8. The molecule has 1 rings (SSSR count). The summed E-state index contributed by atoms with van der Waals surface area (Å²) in [7, 11) is 0. The van der Waals surface area contributed by atoms with Crippen molar-refractivity contribution in [2.24, 2.45) is 0 Å². The van der Waals surface area contributed by atoms with Crippen LogP contribution in [-0.4, -0.2) is 41.4 Å². The highest BCUT2D eigenvalue weighted by atomic mass is 35.5. The number of carbonyl (C=O) groups is 2. The molecule has 114 valence electrons. The second-order valence-corrected chi connectivity index (χ2v) is 4.47. The Morgan fingerprint density at radius 2 is 1.95 bits per heavy atom. The molecule has 1 aromatic rings. The van der Waals surface area contributed by atoms with Crippen LogP contribution in [0.2, 0.25) is 5.02 Å². The molecular weight excluding hydrogens is 300 g/mol. The first-order valence-corrected chi connectivity index (χ1v) is 6.67. The van der Waals surface area contributed by atoms with Crippen molar-refractivity contribution in [2.75, 3.05) is 19.7 Å². The molecule has 0 aliphatic carbocycles. The molecule has 8 heteroatoms. The lowest BCUT2D eigenvalue weighted by Crippen LogP contribution is -2.34. The van der Waals surface area contributed by atoms with Gasteiger partial charge in [0.05, 0.1) is 10.5 Å². The highest BCUT2D eigenvalue weighted by Gasteiger charge is 2.18. The van der Waals surface area contributed by atoms with Gasteiger partial charge in [0.1, 0.15) is 5.02 Å². The molecular formula is C13H15ClN2O5. The van der Waals surface area contributed by atoms with Gasteiger partial charge < -0.3 is 9.64 Å². The van der Waals surface area contributed by atoms with E-state index < -0.39 is 17.5 Å². The Balaban J connectivity index is 2.75. The van der Waals surface area contributed by atoms with Gasteiger partial charge in [0.2, 0.25) is 0 Å². The van der Waals surface area contributed by atoms with E-state index in [2.05, 4.69) is 0 Å². The van der Waals surface area contributed by atoms with Crippen LogP contribution < -0.4 is 0 Å². The molecule has 7 nitrogen and oxygen atoms in total. The monoisotopic (exact) mass is 314 g/mol. The lowest BCUT2D eigenvalue weighted by atomic mass is 10.2. The summed E-state index contributed by atoms with van der Waals surface area (Å²) in [6.07, 6.45) is 0. The number of esters is 1. The van der Waals surface area contributed by atoms with Gasteiger partial charge in [-0.15, -0.1) is 0 Å². The summed E-state index contributed by atoms with van der Waals surface area (Å²) < 4.78 is 4.85. The number of likely N-dealkylation sites (N-methyl/N-ethyl adjacent to an activating group) is 1. The van der Waals surface area contributed by atoms with Crippen molar-refractivity contribution >= 4 is 29.2 Å². The Labute approximate surface area is 126 Å². The second kappa shape index (κ2) is 7.58. The first-order valence-electron chi connectivity index (χ1n) is 6.29. The minimum absolute atomic E-state index is 0.0292. The van der Waals surface area contributed by atoms with Crippen LogP contribution in [0.3, 0.4) is 0 Å². The molecule has 0 heterocycles. The molecule has 0 unspecified atom stereocenters. The first-order chi connectivity index (χ1) is 9.90.